The summed E-state index contributed by atoms with van der Waals surface area (Å²) in [5.41, 5.74) is -0.385. The molecule has 1 aliphatic carbocycles. The molecule has 1 aliphatic heterocycles. The minimum atomic E-state index is -0.385. The Kier molecular flexibility index (Phi) is 3.88. The van der Waals surface area contributed by atoms with Crippen molar-refractivity contribution in [1.82, 2.24) is 4.90 Å². The molecule has 18 heavy (non-hydrogen) atoms. The number of likely N-dealkylation sites (tertiary alicyclic amines) is 1. The molecule has 0 aromatic heterocycles. The summed E-state index contributed by atoms with van der Waals surface area (Å²) in [5.74, 6) is 1.45. The average molecular weight is 253 g/mol. The second-order valence-electron chi connectivity index (χ2n) is 6.96. The lowest BCUT2D eigenvalue weighted by atomic mass is 9.72. The van der Waals surface area contributed by atoms with Crippen LogP contribution in [0, 0.1) is 11.8 Å². The Morgan fingerprint density at radius 3 is 2.56 bits per heavy atom. The third-order valence-corrected chi connectivity index (χ3v) is 4.35. The molecule has 0 spiro atoms. The standard InChI is InChI=1S/C15H27NO2/c1-11-7-5-9-13-12(11)8-6-10-16(13)14(17)18-15(2,3)4/h11-13H,5-10H2,1-4H3/t11-,12-,13+/m1/s1. The number of carbonyl (C=O) groups is 1. The lowest BCUT2D eigenvalue weighted by Gasteiger charge is -2.46. The normalized spacial score (nSPS) is 32.9. The van der Waals surface area contributed by atoms with Crippen molar-refractivity contribution >= 4 is 6.09 Å². The molecule has 1 heterocycles. The summed E-state index contributed by atoms with van der Waals surface area (Å²) in [5, 5.41) is 0. The fraction of sp³-hybridized carbons (Fsp3) is 0.933. The first-order valence-corrected chi connectivity index (χ1v) is 7.38. The predicted molar refractivity (Wildman–Crippen MR) is 72.5 cm³/mol. The topological polar surface area (TPSA) is 29.5 Å². The van der Waals surface area contributed by atoms with Crippen molar-refractivity contribution < 1.29 is 9.53 Å². The predicted octanol–water partition coefficient (Wildman–Crippen LogP) is 3.82. The molecule has 3 nitrogen and oxygen atoms in total. The summed E-state index contributed by atoms with van der Waals surface area (Å²) in [7, 11) is 0. The number of ether oxygens (including phenoxy) is 1. The van der Waals surface area contributed by atoms with Gasteiger partial charge in [-0.3, -0.25) is 0 Å². The van der Waals surface area contributed by atoms with Gasteiger partial charge in [0.15, 0.2) is 0 Å². The van der Waals surface area contributed by atoms with Gasteiger partial charge in [-0.15, -0.1) is 0 Å². The summed E-state index contributed by atoms with van der Waals surface area (Å²) >= 11 is 0. The van der Waals surface area contributed by atoms with E-state index in [9.17, 15) is 4.79 Å². The Morgan fingerprint density at radius 2 is 1.89 bits per heavy atom. The van der Waals surface area contributed by atoms with Crippen LogP contribution in [0.4, 0.5) is 4.79 Å². The number of piperidine rings is 1. The molecule has 0 bridgehead atoms. The second kappa shape index (κ2) is 5.10. The van der Waals surface area contributed by atoms with Crippen molar-refractivity contribution in [1.29, 1.82) is 0 Å². The molecular formula is C15H27NO2. The van der Waals surface area contributed by atoms with Gasteiger partial charge in [-0.25, -0.2) is 4.79 Å². The van der Waals surface area contributed by atoms with Crippen LogP contribution in [0.5, 0.6) is 0 Å². The largest absolute Gasteiger partial charge is 0.444 e. The maximum atomic E-state index is 12.3. The molecule has 0 unspecified atom stereocenters. The van der Waals surface area contributed by atoms with Gasteiger partial charge in [0, 0.05) is 12.6 Å². The van der Waals surface area contributed by atoms with Gasteiger partial charge in [0.05, 0.1) is 0 Å². The first kappa shape index (κ1) is 13.7. The molecule has 2 aliphatic rings. The van der Waals surface area contributed by atoms with Crippen LogP contribution in [-0.2, 0) is 4.74 Å². The number of nitrogens with zero attached hydrogens (tertiary/aromatic N) is 1. The van der Waals surface area contributed by atoms with E-state index in [-0.39, 0.29) is 11.7 Å². The summed E-state index contributed by atoms with van der Waals surface area (Å²) in [4.78, 5) is 14.3. The summed E-state index contributed by atoms with van der Waals surface area (Å²) in [6, 6.07) is 0.428. The van der Waals surface area contributed by atoms with Gasteiger partial charge in [-0.05, 0) is 51.9 Å². The molecule has 1 saturated heterocycles. The fourth-order valence-electron chi connectivity index (χ4n) is 3.53. The molecule has 0 N–H and O–H groups in total. The number of carbonyl (C=O) groups excluding carboxylic acids is 1. The van der Waals surface area contributed by atoms with Crippen LogP contribution in [0.15, 0.2) is 0 Å². The van der Waals surface area contributed by atoms with Crippen LogP contribution in [-0.4, -0.2) is 29.2 Å². The van der Waals surface area contributed by atoms with Gasteiger partial charge in [0.25, 0.3) is 0 Å². The molecule has 2 rings (SSSR count). The number of hydrogen-bond acceptors (Lipinski definition) is 2. The molecule has 104 valence electrons. The highest BCUT2D eigenvalue weighted by molar-refractivity contribution is 5.68. The van der Waals surface area contributed by atoms with Crippen LogP contribution in [0.2, 0.25) is 0 Å². The zero-order valence-electron chi connectivity index (χ0n) is 12.2. The van der Waals surface area contributed by atoms with Crippen molar-refractivity contribution in [2.75, 3.05) is 6.54 Å². The van der Waals surface area contributed by atoms with Gasteiger partial charge in [0.1, 0.15) is 5.60 Å². The maximum Gasteiger partial charge on any atom is 0.410 e. The number of rotatable bonds is 0. The van der Waals surface area contributed by atoms with E-state index in [0.717, 1.165) is 25.3 Å². The SMILES string of the molecule is C[C@@H]1CCC[C@H]2[C@@H]1CCCN2C(=O)OC(C)(C)C. The highest BCUT2D eigenvalue weighted by atomic mass is 16.6. The lowest BCUT2D eigenvalue weighted by Crippen LogP contribution is -2.52. The molecular weight excluding hydrogens is 226 g/mol. The van der Waals surface area contributed by atoms with Gasteiger partial charge >= 0.3 is 6.09 Å². The monoisotopic (exact) mass is 253 g/mol. The molecule has 0 aromatic carbocycles. The Hall–Kier alpha value is -0.730. The van der Waals surface area contributed by atoms with Crippen molar-refractivity contribution in [3.05, 3.63) is 0 Å². The van der Waals surface area contributed by atoms with Crippen LogP contribution in [0.3, 0.4) is 0 Å². The highest BCUT2D eigenvalue weighted by Crippen LogP contribution is 2.39. The molecule has 3 heteroatoms. The van der Waals surface area contributed by atoms with Crippen molar-refractivity contribution in [3.8, 4) is 0 Å². The molecule has 1 saturated carbocycles. The Bertz CT molecular complexity index is 308. The van der Waals surface area contributed by atoms with Crippen molar-refractivity contribution in [2.45, 2.75) is 71.4 Å². The molecule has 0 radical (unpaired) electrons. The zero-order valence-corrected chi connectivity index (χ0v) is 12.2. The average Bonchev–Trinajstić information content (AvgIpc) is 2.26. The Morgan fingerprint density at radius 1 is 1.17 bits per heavy atom. The van der Waals surface area contributed by atoms with E-state index < -0.39 is 0 Å². The highest BCUT2D eigenvalue weighted by Gasteiger charge is 2.40. The number of amides is 1. The molecule has 3 atom stereocenters. The molecule has 2 fully saturated rings. The van der Waals surface area contributed by atoms with Crippen LogP contribution in [0.1, 0.15) is 59.8 Å². The van der Waals surface area contributed by atoms with Gasteiger partial charge in [-0.1, -0.05) is 19.8 Å². The molecule has 1 amide bonds. The van der Waals surface area contributed by atoms with E-state index in [2.05, 4.69) is 6.92 Å². The van der Waals surface area contributed by atoms with Gasteiger partial charge in [0.2, 0.25) is 0 Å². The number of hydrogen-bond donors (Lipinski definition) is 0. The van der Waals surface area contributed by atoms with E-state index in [1.807, 2.05) is 25.7 Å². The van der Waals surface area contributed by atoms with E-state index in [1.165, 1.54) is 19.3 Å². The quantitative estimate of drug-likeness (QED) is 0.656. The van der Waals surface area contributed by atoms with E-state index in [0.29, 0.717) is 12.0 Å². The van der Waals surface area contributed by atoms with Gasteiger partial charge < -0.3 is 9.64 Å². The Balaban J connectivity index is 2.05. The van der Waals surface area contributed by atoms with Crippen LogP contribution >= 0.6 is 0 Å². The van der Waals surface area contributed by atoms with E-state index in [4.69, 9.17) is 4.74 Å². The van der Waals surface area contributed by atoms with E-state index in [1.54, 1.807) is 0 Å². The van der Waals surface area contributed by atoms with Crippen LogP contribution in [0.25, 0.3) is 0 Å². The van der Waals surface area contributed by atoms with Crippen molar-refractivity contribution in [3.63, 3.8) is 0 Å². The smallest absolute Gasteiger partial charge is 0.410 e. The lowest BCUT2D eigenvalue weighted by molar-refractivity contribution is -0.0161. The first-order valence-electron chi connectivity index (χ1n) is 7.38. The fourth-order valence-corrected chi connectivity index (χ4v) is 3.53. The van der Waals surface area contributed by atoms with Crippen molar-refractivity contribution in [2.24, 2.45) is 11.8 Å². The van der Waals surface area contributed by atoms with Gasteiger partial charge in [-0.2, -0.15) is 0 Å². The summed E-state index contributed by atoms with van der Waals surface area (Å²) < 4.78 is 5.55. The molecule has 0 aromatic rings. The zero-order chi connectivity index (χ0) is 13.3. The third-order valence-electron chi connectivity index (χ3n) is 4.35. The Labute approximate surface area is 111 Å². The van der Waals surface area contributed by atoms with E-state index >= 15 is 0 Å². The second-order valence-corrected chi connectivity index (χ2v) is 6.96. The first-order chi connectivity index (χ1) is 8.38. The number of fused-ring (bicyclic) bond motifs is 1. The minimum Gasteiger partial charge on any atom is -0.444 e. The minimum absolute atomic E-state index is 0.105. The summed E-state index contributed by atoms with van der Waals surface area (Å²) in [6.07, 6.45) is 6.04. The third kappa shape index (κ3) is 2.99. The maximum absolute atomic E-state index is 12.3. The summed E-state index contributed by atoms with van der Waals surface area (Å²) in [6.45, 7) is 9.04. The van der Waals surface area contributed by atoms with Crippen LogP contribution < -0.4 is 0 Å².